The number of aromatic nitrogens is 1. The second-order valence-corrected chi connectivity index (χ2v) is 9.79. The number of hydrogen-bond donors (Lipinski definition) is 1. The van der Waals surface area contributed by atoms with Crippen molar-refractivity contribution < 1.29 is 30.8 Å². The third kappa shape index (κ3) is 4.52. The summed E-state index contributed by atoms with van der Waals surface area (Å²) in [5, 5.41) is 3.82. The van der Waals surface area contributed by atoms with Crippen LogP contribution in [0.2, 0.25) is 5.02 Å². The average molecular weight is 493 g/mol. The minimum absolute atomic E-state index is 0.0133. The highest BCUT2D eigenvalue weighted by Gasteiger charge is 2.51. The Labute approximate surface area is 186 Å². The summed E-state index contributed by atoms with van der Waals surface area (Å²) < 4.78 is 82.6. The number of oxime groups is 1. The molecule has 0 radical (unpaired) electrons. The second-order valence-electron chi connectivity index (χ2n) is 7.57. The Bertz CT molecular complexity index is 1200. The molecule has 1 fully saturated rings. The first-order valence-electron chi connectivity index (χ1n) is 9.37. The number of hydrogen-bond acceptors (Lipinski definition) is 6. The summed E-state index contributed by atoms with van der Waals surface area (Å²) >= 11 is 5.96. The monoisotopic (exact) mass is 492 g/mol. The molecule has 0 amide bonds. The Balaban J connectivity index is 1.60. The topological polar surface area (TPSA) is 83.9 Å². The molecule has 0 saturated carbocycles. The average Bonchev–Trinajstić information content (AvgIpc) is 3.25. The van der Waals surface area contributed by atoms with Crippen molar-refractivity contribution in [2.75, 3.05) is 19.3 Å². The van der Waals surface area contributed by atoms with Gasteiger partial charge >= 0.3 is 0 Å². The third-order valence-electron chi connectivity index (χ3n) is 5.12. The van der Waals surface area contributed by atoms with Crippen LogP contribution in [-0.2, 0) is 14.9 Å². The van der Waals surface area contributed by atoms with Crippen LogP contribution in [0.25, 0.3) is 11.3 Å². The molecule has 1 aromatic carbocycles. The number of nitrogens with one attached hydrogen (secondary N) is 1. The molecule has 13 heteroatoms. The molecule has 0 aliphatic carbocycles. The van der Waals surface area contributed by atoms with Gasteiger partial charge in [-0.1, -0.05) is 16.8 Å². The fourth-order valence-corrected chi connectivity index (χ4v) is 4.73. The van der Waals surface area contributed by atoms with Gasteiger partial charge in [0.1, 0.15) is 29.2 Å². The van der Waals surface area contributed by atoms with E-state index in [1.54, 1.807) is 0 Å². The van der Waals surface area contributed by atoms with E-state index in [9.17, 15) is 26.0 Å². The molecule has 0 bridgehead atoms. The van der Waals surface area contributed by atoms with Crippen LogP contribution >= 0.6 is 11.6 Å². The highest BCUT2D eigenvalue weighted by atomic mass is 35.5. The number of halogens is 5. The van der Waals surface area contributed by atoms with Crippen molar-refractivity contribution in [1.82, 2.24) is 14.6 Å². The standard InChI is InChI=1S/C19H17ClF4N4O3S/c1-32(29,30)27-15-8-28(9-19(15,23)24)16-7-14(31-26-16)17-11(5-10(20)6-13(17)22)18-12(21)3-2-4-25-18/h2-6,14-15,27H,7-9H2,1H3/t14?,15-/m1/s1. The second kappa shape index (κ2) is 8.16. The Morgan fingerprint density at radius 2 is 2.03 bits per heavy atom. The molecule has 2 atom stereocenters. The van der Waals surface area contributed by atoms with E-state index in [0.717, 1.165) is 18.4 Å². The van der Waals surface area contributed by atoms with Gasteiger partial charge in [0.05, 0.1) is 19.2 Å². The van der Waals surface area contributed by atoms with E-state index >= 15 is 0 Å². The van der Waals surface area contributed by atoms with E-state index in [1.165, 1.54) is 23.2 Å². The van der Waals surface area contributed by atoms with Crippen molar-refractivity contribution in [2.24, 2.45) is 5.16 Å². The summed E-state index contributed by atoms with van der Waals surface area (Å²) in [6, 6.07) is 3.25. The summed E-state index contributed by atoms with van der Waals surface area (Å²) in [6.45, 7) is -1.14. The van der Waals surface area contributed by atoms with Crippen LogP contribution in [0.15, 0.2) is 35.6 Å². The zero-order valence-electron chi connectivity index (χ0n) is 16.5. The number of pyridine rings is 1. The molecule has 2 aliphatic heterocycles. The van der Waals surface area contributed by atoms with Crippen LogP contribution < -0.4 is 4.72 Å². The number of amidine groups is 1. The molecule has 1 aromatic heterocycles. The van der Waals surface area contributed by atoms with E-state index in [2.05, 4.69) is 10.1 Å². The fraction of sp³-hybridized carbons (Fsp3) is 0.368. The minimum Gasteiger partial charge on any atom is -0.386 e. The smallest absolute Gasteiger partial charge is 0.282 e. The quantitative estimate of drug-likeness (QED) is 0.662. The first kappa shape index (κ1) is 22.7. The predicted octanol–water partition coefficient (Wildman–Crippen LogP) is 3.32. The van der Waals surface area contributed by atoms with Crippen molar-refractivity contribution in [3.05, 3.63) is 52.7 Å². The van der Waals surface area contributed by atoms with E-state index in [-0.39, 0.29) is 40.6 Å². The van der Waals surface area contributed by atoms with Crippen LogP contribution in [0.4, 0.5) is 17.6 Å². The number of likely N-dealkylation sites (tertiary alicyclic amines) is 1. The highest BCUT2D eigenvalue weighted by molar-refractivity contribution is 7.88. The lowest BCUT2D eigenvalue weighted by Gasteiger charge is -2.18. The third-order valence-corrected chi connectivity index (χ3v) is 6.05. The summed E-state index contributed by atoms with van der Waals surface area (Å²) in [5.41, 5.74) is -0.161. The zero-order valence-corrected chi connectivity index (χ0v) is 18.1. The lowest BCUT2D eigenvalue weighted by molar-refractivity contribution is -0.00123. The Kier molecular flexibility index (Phi) is 5.80. The molecule has 1 saturated heterocycles. The fourth-order valence-electron chi connectivity index (χ4n) is 3.76. The number of rotatable bonds is 4. The molecule has 172 valence electrons. The van der Waals surface area contributed by atoms with Crippen molar-refractivity contribution in [2.45, 2.75) is 24.5 Å². The van der Waals surface area contributed by atoms with Crippen LogP contribution in [0.5, 0.6) is 0 Å². The maximum absolute atomic E-state index is 14.9. The van der Waals surface area contributed by atoms with Gasteiger partial charge in [0.15, 0.2) is 6.10 Å². The maximum atomic E-state index is 14.9. The van der Waals surface area contributed by atoms with Gasteiger partial charge in [-0.2, -0.15) is 0 Å². The van der Waals surface area contributed by atoms with Crippen LogP contribution in [0.1, 0.15) is 18.1 Å². The molecule has 3 heterocycles. The van der Waals surface area contributed by atoms with Crippen molar-refractivity contribution in [3.63, 3.8) is 0 Å². The number of alkyl halides is 2. The number of sulfonamides is 1. The predicted molar refractivity (Wildman–Crippen MR) is 109 cm³/mol. The minimum atomic E-state index is -3.86. The Morgan fingerprint density at radius 1 is 1.28 bits per heavy atom. The van der Waals surface area contributed by atoms with Crippen LogP contribution in [0, 0.1) is 11.6 Å². The first-order valence-corrected chi connectivity index (χ1v) is 11.6. The van der Waals surface area contributed by atoms with Gasteiger partial charge in [0.25, 0.3) is 5.92 Å². The maximum Gasteiger partial charge on any atom is 0.282 e. The normalized spacial score (nSPS) is 22.7. The Hall–Kier alpha value is -2.44. The number of nitrogens with zero attached hydrogens (tertiary/aromatic N) is 3. The SMILES string of the molecule is CS(=O)(=O)N[C@@H]1CN(C2=NOC(c3c(F)cc(Cl)cc3-c3ncccc3F)C2)CC1(F)F. The van der Waals surface area contributed by atoms with Crippen molar-refractivity contribution in [1.29, 1.82) is 0 Å². The Morgan fingerprint density at radius 3 is 2.72 bits per heavy atom. The van der Waals surface area contributed by atoms with Crippen LogP contribution in [-0.4, -0.2) is 55.4 Å². The molecular weight excluding hydrogens is 476 g/mol. The number of benzene rings is 1. The van der Waals surface area contributed by atoms with E-state index < -0.39 is 46.3 Å². The summed E-state index contributed by atoms with van der Waals surface area (Å²) in [5.74, 6) is -4.75. The largest absolute Gasteiger partial charge is 0.386 e. The van der Waals surface area contributed by atoms with Gasteiger partial charge in [0.2, 0.25) is 10.0 Å². The summed E-state index contributed by atoms with van der Waals surface area (Å²) in [6.07, 6.45) is 0.982. The van der Waals surface area contributed by atoms with Crippen molar-refractivity contribution >= 4 is 27.5 Å². The van der Waals surface area contributed by atoms with E-state index in [1.807, 2.05) is 4.72 Å². The molecule has 0 spiro atoms. The molecule has 1 N–H and O–H groups in total. The van der Waals surface area contributed by atoms with Gasteiger partial charge < -0.3 is 9.74 Å². The van der Waals surface area contributed by atoms with Gasteiger partial charge in [-0.25, -0.2) is 30.7 Å². The van der Waals surface area contributed by atoms with E-state index in [4.69, 9.17) is 16.4 Å². The van der Waals surface area contributed by atoms with Crippen LogP contribution in [0.3, 0.4) is 0 Å². The molecule has 2 aromatic rings. The molecule has 2 aliphatic rings. The molecule has 1 unspecified atom stereocenters. The van der Waals surface area contributed by atoms with E-state index in [0.29, 0.717) is 0 Å². The van der Waals surface area contributed by atoms with Gasteiger partial charge in [-0.15, -0.1) is 0 Å². The zero-order chi connectivity index (χ0) is 23.3. The summed E-state index contributed by atoms with van der Waals surface area (Å²) in [4.78, 5) is 10.5. The lowest BCUT2D eigenvalue weighted by Crippen LogP contribution is -2.46. The van der Waals surface area contributed by atoms with Gasteiger partial charge in [0, 0.05) is 28.9 Å². The first-order chi connectivity index (χ1) is 14.9. The molecular formula is C19H17ClF4N4O3S. The van der Waals surface area contributed by atoms with Gasteiger partial charge in [-0.05, 0) is 24.3 Å². The summed E-state index contributed by atoms with van der Waals surface area (Å²) in [7, 11) is -3.86. The van der Waals surface area contributed by atoms with Gasteiger partial charge in [-0.3, -0.25) is 4.98 Å². The molecule has 7 nitrogen and oxygen atoms in total. The van der Waals surface area contributed by atoms with Crippen molar-refractivity contribution in [3.8, 4) is 11.3 Å². The highest BCUT2D eigenvalue weighted by Crippen LogP contribution is 2.40. The molecule has 32 heavy (non-hydrogen) atoms. The molecule has 4 rings (SSSR count). The lowest BCUT2D eigenvalue weighted by atomic mass is 9.96.